The molecule has 3 aromatic carbocycles. The summed E-state index contributed by atoms with van der Waals surface area (Å²) in [5.41, 5.74) is 3.81. The number of hydrogen-bond donors (Lipinski definition) is 1. The summed E-state index contributed by atoms with van der Waals surface area (Å²) in [6, 6.07) is 25.3. The summed E-state index contributed by atoms with van der Waals surface area (Å²) in [5.74, 6) is 0.641. The maximum Gasteiger partial charge on any atom is 0.143 e. The Morgan fingerprint density at radius 3 is 2.32 bits per heavy atom. The fourth-order valence-corrected chi connectivity index (χ4v) is 3.15. The van der Waals surface area contributed by atoms with Crippen molar-refractivity contribution in [2.75, 3.05) is 0 Å². The van der Waals surface area contributed by atoms with Crippen LogP contribution in [-0.2, 0) is 6.54 Å². The number of imidazole rings is 1. The van der Waals surface area contributed by atoms with Crippen molar-refractivity contribution in [1.82, 2.24) is 9.55 Å². The van der Waals surface area contributed by atoms with E-state index in [1.807, 2.05) is 78.9 Å². The first-order valence-corrected chi connectivity index (χ1v) is 8.53. The second-order valence-electron chi connectivity index (χ2n) is 5.98. The average Bonchev–Trinajstić information content (AvgIpc) is 3.02. The van der Waals surface area contributed by atoms with E-state index in [2.05, 4.69) is 9.55 Å². The summed E-state index contributed by atoms with van der Waals surface area (Å²) in [4.78, 5) is 4.69. The summed E-state index contributed by atoms with van der Waals surface area (Å²) in [6.07, 6.45) is -0.777. The SMILES string of the molecule is OC(c1ccccc1)c1nc2ccccc2n1Cc1ccc(Cl)cc1. The Bertz CT molecular complexity index is 994. The van der Waals surface area contributed by atoms with Gasteiger partial charge in [-0.2, -0.15) is 0 Å². The van der Waals surface area contributed by atoms with E-state index in [0.717, 1.165) is 22.2 Å². The Hall–Kier alpha value is -2.62. The number of aromatic nitrogens is 2. The molecule has 0 aliphatic heterocycles. The second kappa shape index (κ2) is 6.71. The molecule has 0 radical (unpaired) electrons. The third-order valence-corrected chi connectivity index (χ3v) is 4.55. The summed E-state index contributed by atoms with van der Waals surface area (Å²) in [7, 11) is 0. The topological polar surface area (TPSA) is 38.1 Å². The molecule has 0 amide bonds. The van der Waals surface area contributed by atoms with Gasteiger partial charge in [0, 0.05) is 11.6 Å². The molecule has 0 aliphatic carbocycles. The lowest BCUT2D eigenvalue weighted by Crippen LogP contribution is -2.11. The van der Waals surface area contributed by atoms with Gasteiger partial charge in [0.1, 0.15) is 11.9 Å². The monoisotopic (exact) mass is 348 g/mol. The van der Waals surface area contributed by atoms with E-state index in [-0.39, 0.29) is 0 Å². The molecule has 0 spiro atoms. The molecule has 4 heteroatoms. The first-order chi connectivity index (χ1) is 12.2. The van der Waals surface area contributed by atoms with E-state index < -0.39 is 6.10 Å². The van der Waals surface area contributed by atoms with Gasteiger partial charge in [0.05, 0.1) is 11.0 Å². The highest BCUT2D eigenvalue weighted by atomic mass is 35.5. The summed E-state index contributed by atoms with van der Waals surface area (Å²) in [6.45, 7) is 0.622. The van der Waals surface area contributed by atoms with Gasteiger partial charge >= 0.3 is 0 Å². The van der Waals surface area contributed by atoms with E-state index in [1.165, 1.54) is 0 Å². The Kier molecular flexibility index (Phi) is 4.26. The van der Waals surface area contributed by atoms with Crippen LogP contribution in [0.15, 0.2) is 78.9 Å². The van der Waals surface area contributed by atoms with Gasteiger partial charge < -0.3 is 9.67 Å². The van der Waals surface area contributed by atoms with Gasteiger partial charge in [-0.3, -0.25) is 0 Å². The van der Waals surface area contributed by atoms with Gasteiger partial charge in [-0.15, -0.1) is 0 Å². The van der Waals surface area contributed by atoms with E-state index in [4.69, 9.17) is 11.6 Å². The smallest absolute Gasteiger partial charge is 0.143 e. The van der Waals surface area contributed by atoms with Gasteiger partial charge in [-0.05, 0) is 35.4 Å². The molecule has 0 saturated heterocycles. The third-order valence-electron chi connectivity index (χ3n) is 4.30. The normalized spacial score (nSPS) is 12.4. The van der Waals surface area contributed by atoms with Gasteiger partial charge in [-0.1, -0.05) is 66.2 Å². The zero-order chi connectivity index (χ0) is 17.2. The molecule has 1 unspecified atom stereocenters. The lowest BCUT2D eigenvalue weighted by molar-refractivity contribution is 0.206. The van der Waals surface area contributed by atoms with Crippen LogP contribution < -0.4 is 0 Å². The molecule has 4 rings (SSSR count). The molecule has 0 bridgehead atoms. The number of aliphatic hydroxyl groups is 1. The standard InChI is InChI=1S/C21H17ClN2O/c22-17-12-10-15(11-13-17)14-24-19-9-5-4-8-18(19)23-21(24)20(25)16-6-2-1-3-7-16/h1-13,20,25H,14H2. The van der Waals surface area contributed by atoms with Crippen LogP contribution in [0.25, 0.3) is 11.0 Å². The van der Waals surface area contributed by atoms with Crippen molar-refractivity contribution in [3.8, 4) is 0 Å². The molecule has 1 N–H and O–H groups in total. The summed E-state index contributed by atoms with van der Waals surface area (Å²) >= 11 is 5.99. The summed E-state index contributed by atoms with van der Waals surface area (Å²) < 4.78 is 2.07. The number of nitrogens with zero attached hydrogens (tertiary/aromatic N) is 2. The van der Waals surface area contributed by atoms with Crippen LogP contribution in [0.1, 0.15) is 23.1 Å². The van der Waals surface area contributed by atoms with Crippen LogP contribution in [0.5, 0.6) is 0 Å². The Balaban J connectivity index is 1.82. The number of aliphatic hydroxyl groups excluding tert-OH is 1. The quantitative estimate of drug-likeness (QED) is 0.574. The molecule has 1 aromatic heterocycles. The van der Waals surface area contributed by atoms with Crippen molar-refractivity contribution in [3.05, 3.63) is 101 Å². The van der Waals surface area contributed by atoms with Gasteiger partial charge in [0.2, 0.25) is 0 Å². The maximum atomic E-state index is 10.9. The highest BCUT2D eigenvalue weighted by Crippen LogP contribution is 2.26. The predicted molar refractivity (Wildman–Crippen MR) is 101 cm³/mol. The zero-order valence-corrected chi connectivity index (χ0v) is 14.3. The van der Waals surface area contributed by atoms with Gasteiger partial charge in [0.25, 0.3) is 0 Å². The molecule has 4 aromatic rings. The molecule has 1 atom stereocenters. The Labute approximate surface area is 151 Å². The number of benzene rings is 3. The molecule has 0 fully saturated rings. The van der Waals surface area contributed by atoms with Gasteiger partial charge in [-0.25, -0.2) is 4.98 Å². The maximum absolute atomic E-state index is 10.9. The molecule has 0 saturated carbocycles. The Morgan fingerprint density at radius 1 is 0.880 bits per heavy atom. The van der Waals surface area contributed by atoms with Crippen LogP contribution in [0.4, 0.5) is 0 Å². The lowest BCUT2D eigenvalue weighted by Gasteiger charge is -2.14. The van der Waals surface area contributed by atoms with Crippen molar-refractivity contribution in [2.45, 2.75) is 12.6 Å². The fraction of sp³-hybridized carbons (Fsp3) is 0.0952. The number of rotatable bonds is 4. The predicted octanol–water partition coefficient (Wildman–Crippen LogP) is 4.82. The van der Waals surface area contributed by atoms with Crippen molar-refractivity contribution in [2.24, 2.45) is 0 Å². The number of halogens is 1. The van der Waals surface area contributed by atoms with E-state index >= 15 is 0 Å². The van der Waals surface area contributed by atoms with Crippen LogP contribution in [-0.4, -0.2) is 14.7 Å². The van der Waals surface area contributed by atoms with Crippen molar-refractivity contribution in [1.29, 1.82) is 0 Å². The van der Waals surface area contributed by atoms with Gasteiger partial charge in [0.15, 0.2) is 0 Å². The molecule has 0 aliphatic rings. The van der Waals surface area contributed by atoms with E-state index in [9.17, 15) is 5.11 Å². The highest BCUT2D eigenvalue weighted by Gasteiger charge is 2.19. The lowest BCUT2D eigenvalue weighted by atomic mass is 10.1. The van der Waals surface area contributed by atoms with Crippen LogP contribution >= 0.6 is 11.6 Å². The minimum absolute atomic E-state index is 0.622. The molecular weight excluding hydrogens is 332 g/mol. The Morgan fingerprint density at radius 2 is 1.56 bits per heavy atom. The average molecular weight is 349 g/mol. The minimum atomic E-state index is -0.777. The molecular formula is C21H17ClN2O. The van der Waals surface area contributed by atoms with Crippen molar-refractivity contribution in [3.63, 3.8) is 0 Å². The molecule has 1 heterocycles. The van der Waals surface area contributed by atoms with Crippen LogP contribution in [0.3, 0.4) is 0 Å². The second-order valence-corrected chi connectivity index (χ2v) is 6.42. The third kappa shape index (κ3) is 3.16. The van der Waals surface area contributed by atoms with Crippen LogP contribution in [0.2, 0.25) is 5.02 Å². The molecule has 3 nitrogen and oxygen atoms in total. The zero-order valence-electron chi connectivity index (χ0n) is 13.5. The number of fused-ring (bicyclic) bond motifs is 1. The minimum Gasteiger partial charge on any atom is -0.380 e. The first-order valence-electron chi connectivity index (χ1n) is 8.15. The van der Waals surface area contributed by atoms with Crippen molar-refractivity contribution < 1.29 is 5.11 Å². The summed E-state index contributed by atoms with van der Waals surface area (Å²) in [5, 5.41) is 11.6. The number of hydrogen-bond acceptors (Lipinski definition) is 2. The fourth-order valence-electron chi connectivity index (χ4n) is 3.03. The highest BCUT2D eigenvalue weighted by molar-refractivity contribution is 6.30. The molecule has 124 valence electrons. The van der Waals surface area contributed by atoms with E-state index in [1.54, 1.807) is 0 Å². The number of para-hydroxylation sites is 2. The largest absolute Gasteiger partial charge is 0.380 e. The molecule has 25 heavy (non-hydrogen) atoms. The van der Waals surface area contributed by atoms with Crippen LogP contribution in [0, 0.1) is 0 Å². The first kappa shape index (κ1) is 15.9. The van der Waals surface area contributed by atoms with Crippen molar-refractivity contribution >= 4 is 22.6 Å². The van der Waals surface area contributed by atoms with E-state index in [0.29, 0.717) is 17.4 Å².